The van der Waals surface area contributed by atoms with Gasteiger partial charge in [-0.25, -0.2) is 9.59 Å². The molecule has 0 aromatic heterocycles. The Labute approximate surface area is 180 Å². The number of alkyl carbamates (subject to hydrolysis) is 1. The highest BCUT2D eigenvalue weighted by molar-refractivity contribution is 5.82. The number of amides is 1. The SMILES string of the molecule is COC(=O)[C@H](COC(=O)[C@@H](NC(=O)OC(C)(C)C)[C@@H](C)OCc1ccccc1)N=[N+]=[N-]. The zero-order valence-electron chi connectivity index (χ0n) is 18.2. The largest absolute Gasteiger partial charge is 0.469 e. The van der Waals surface area contributed by atoms with Gasteiger partial charge in [-0.1, -0.05) is 35.4 Å². The van der Waals surface area contributed by atoms with Crippen LogP contribution in [-0.2, 0) is 35.1 Å². The number of nitrogens with zero attached hydrogens (tertiary/aromatic N) is 3. The van der Waals surface area contributed by atoms with Crippen LogP contribution in [-0.4, -0.2) is 55.5 Å². The topological polar surface area (TPSA) is 149 Å². The van der Waals surface area contributed by atoms with Gasteiger partial charge < -0.3 is 24.3 Å². The van der Waals surface area contributed by atoms with Crippen molar-refractivity contribution in [3.8, 4) is 0 Å². The van der Waals surface area contributed by atoms with Gasteiger partial charge in [-0.05, 0) is 38.8 Å². The number of benzene rings is 1. The molecule has 1 amide bonds. The van der Waals surface area contributed by atoms with E-state index in [0.717, 1.165) is 12.7 Å². The second-order valence-electron chi connectivity index (χ2n) is 7.50. The van der Waals surface area contributed by atoms with E-state index in [0.29, 0.717) is 0 Å². The standard InChI is InChI=1S/C20H28N4O7/c1-13(29-11-14-9-7-6-8-10-14)16(22-19(27)31-20(2,3)4)18(26)30-12-15(23-24-21)17(25)28-5/h6-10,13,15-16H,11-12H2,1-5H3,(H,22,27)/t13-,15+,16+/m1/s1. The van der Waals surface area contributed by atoms with E-state index < -0.39 is 48.4 Å². The monoisotopic (exact) mass is 436 g/mol. The third-order valence-corrected chi connectivity index (χ3v) is 3.80. The molecule has 1 N–H and O–H groups in total. The molecule has 0 unspecified atom stereocenters. The van der Waals surface area contributed by atoms with Crippen LogP contribution >= 0.6 is 0 Å². The average molecular weight is 436 g/mol. The Morgan fingerprint density at radius 1 is 1.16 bits per heavy atom. The average Bonchev–Trinajstić information content (AvgIpc) is 2.71. The zero-order chi connectivity index (χ0) is 23.4. The minimum absolute atomic E-state index is 0.186. The fraction of sp³-hybridized carbons (Fsp3) is 0.550. The molecule has 0 aliphatic carbocycles. The Morgan fingerprint density at radius 3 is 2.35 bits per heavy atom. The summed E-state index contributed by atoms with van der Waals surface area (Å²) < 4.78 is 20.5. The molecule has 0 saturated carbocycles. The first-order valence-electron chi connectivity index (χ1n) is 9.51. The summed E-state index contributed by atoms with van der Waals surface area (Å²) in [6.45, 7) is 6.23. The van der Waals surface area contributed by atoms with Crippen LogP contribution in [0, 0.1) is 0 Å². The lowest BCUT2D eigenvalue weighted by Gasteiger charge is -2.26. The van der Waals surface area contributed by atoms with Crippen LogP contribution < -0.4 is 5.32 Å². The Balaban J connectivity index is 2.88. The smallest absolute Gasteiger partial charge is 0.408 e. The Bertz CT molecular complexity index is 788. The predicted octanol–water partition coefficient (Wildman–Crippen LogP) is 2.88. The van der Waals surface area contributed by atoms with Gasteiger partial charge in [0.25, 0.3) is 0 Å². The Kier molecular flexibility index (Phi) is 10.3. The van der Waals surface area contributed by atoms with Gasteiger partial charge in [-0.3, -0.25) is 4.79 Å². The highest BCUT2D eigenvalue weighted by atomic mass is 16.6. The van der Waals surface area contributed by atoms with E-state index in [4.69, 9.17) is 19.7 Å². The first-order valence-corrected chi connectivity index (χ1v) is 9.51. The van der Waals surface area contributed by atoms with Crippen molar-refractivity contribution in [1.82, 2.24) is 5.32 Å². The van der Waals surface area contributed by atoms with Gasteiger partial charge in [0.2, 0.25) is 0 Å². The second kappa shape index (κ2) is 12.4. The number of ether oxygens (including phenoxy) is 4. The first kappa shape index (κ1) is 25.7. The van der Waals surface area contributed by atoms with Crippen molar-refractivity contribution in [3.05, 3.63) is 46.3 Å². The molecule has 0 radical (unpaired) electrons. The molecule has 11 nitrogen and oxygen atoms in total. The molecular weight excluding hydrogens is 408 g/mol. The van der Waals surface area contributed by atoms with E-state index in [1.807, 2.05) is 30.3 Å². The molecule has 0 bridgehead atoms. The number of esters is 2. The molecule has 0 saturated heterocycles. The molecule has 1 aromatic carbocycles. The molecule has 0 aliphatic rings. The maximum Gasteiger partial charge on any atom is 0.408 e. The summed E-state index contributed by atoms with van der Waals surface area (Å²) in [7, 11) is 1.11. The predicted molar refractivity (Wildman–Crippen MR) is 110 cm³/mol. The number of rotatable bonds is 10. The van der Waals surface area contributed by atoms with Crippen molar-refractivity contribution in [1.29, 1.82) is 0 Å². The molecule has 1 rings (SSSR count). The van der Waals surface area contributed by atoms with Crippen molar-refractivity contribution in [2.24, 2.45) is 5.11 Å². The van der Waals surface area contributed by atoms with E-state index in [2.05, 4.69) is 20.1 Å². The zero-order valence-corrected chi connectivity index (χ0v) is 18.2. The van der Waals surface area contributed by atoms with Crippen molar-refractivity contribution >= 4 is 18.0 Å². The third kappa shape index (κ3) is 9.83. The van der Waals surface area contributed by atoms with E-state index in [1.165, 1.54) is 0 Å². The van der Waals surface area contributed by atoms with Crippen molar-refractivity contribution in [2.75, 3.05) is 13.7 Å². The number of azide groups is 1. The first-order chi connectivity index (χ1) is 14.6. The molecule has 11 heteroatoms. The minimum Gasteiger partial charge on any atom is -0.469 e. The molecule has 31 heavy (non-hydrogen) atoms. The van der Waals surface area contributed by atoms with Crippen LogP contribution in [0.15, 0.2) is 35.4 Å². The van der Waals surface area contributed by atoms with Gasteiger partial charge in [-0.2, -0.15) is 0 Å². The maximum absolute atomic E-state index is 12.7. The molecule has 0 heterocycles. The van der Waals surface area contributed by atoms with Crippen LogP contribution in [0.3, 0.4) is 0 Å². The summed E-state index contributed by atoms with van der Waals surface area (Å²) in [5.74, 6) is -1.76. The molecular formula is C20H28N4O7. The molecule has 1 aromatic rings. The number of carbonyl (C=O) groups is 3. The van der Waals surface area contributed by atoms with E-state index in [-0.39, 0.29) is 6.61 Å². The summed E-state index contributed by atoms with van der Waals surface area (Å²) in [6, 6.07) is 6.64. The van der Waals surface area contributed by atoms with Crippen LogP contribution in [0.25, 0.3) is 10.4 Å². The number of hydrogen-bond donors (Lipinski definition) is 1. The normalized spacial score (nSPS) is 13.7. The van der Waals surface area contributed by atoms with E-state index >= 15 is 0 Å². The second-order valence-corrected chi connectivity index (χ2v) is 7.50. The molecule has 0 aliphatic heterocycles. The van der Waals surface area contributed by atoms with Crippen LogP contribution in [0.4, 0.5) is 4.79 Å². The van der Waals surface area contributed by atoms with Crippen LogP contribution in [0.2, 0.25) is 0 Å². The molecule has 3 atom stereocenters. The van der Waals surface area contributed by atoms with Gasteiger partial charge in [0.15, 0.2) is 12.1 Å². The summed E-state index contributed by atoms with van der Waals surface area (Å²) in [4.78, 5) is 39.0. The molecule has 0 fully saturated rings. The Morgan fingerprint density at radius 2 is 1.81 bits per heavy atom. The third-order valence-electron chi connectivity index (χ3n) is 3.80. The highest BCUT2D eigenvalue weighted by Crippen LogP contribution is 2.11. The van der Waals surface area contributed by atoms with Crippen LogP contribution in [0.1, 0.15) is 33.3 Å². The van der Waals surface area contributed by atoms with E-state index in [1.54, 1.807) is 27.7 Å². The van der Waals surface area contributed by atoms with E-state index in [9.17, 15) is 14.4 Å². The summed E-state index contributed by atoms with van der Waals surface area (Å²) in [6.07, 6.45) is -1.65. The fourth-order valence-electron chi connectivity index (χ4n) is 2.30. The van der Waals surface area contributed by atoms with Gasteiger partial charge in [0, 0.05) is 4.91 Å². The van der Waals surface area contributed by atoms with Crippen molar-refractivity contribution < 1.29 is 33.3 Å². The Hall–Kier alpha value is -3.30. The lowest BCUT2D eigenvalue weighted by atomic mass is 10.1. The van der Waals surface area contributed by atoms with Crippen LogP contribution in [0.5, 0.6) is 0 Å². The molecule has 170 valence electrons. The summed E-state index contributed by atoms with van der Waals surface area (Å²) in [5, 5.41) is 5.67. The highest BCUT2D eigenvalue weighted by Gasteiger charge is 2.32. The van der Waals surface area contributed by atoms with Gasteiger partial charge in [0.05, 0.1) is 19.8 Å². The fourth-order valence-corrected chi connectivity index (χ4v) is 2.30. The summed E-state index contributed by atoms with van der Waals surface area (Å²) in [5.41, 5.74) is 8.65. The van der Waals surface area contributed by atoms with Crippen molar-refractivity contribution in [2.45, 2.75) is 58.1 Å². The quantitative estimate of drug-likeness (QED) is 0.195. The molecule has 0 spiro atoms. The number of carbonyl (C=O) groups excluding carboxylic acids is 3. The van der Waals surface area contributed by atoms with Crippen molar-refractivity contribution in [3.63, 3.8) is 0 Å². The van der Waals surface area contributed by atoms with Gasteiger partial charge in [0.1, 0.15) is 12.2 Å². The maximum atomic E-state index is 12.7. The number of hydrogen-bond acceptors (Lipinski definition) is 8. The van der Waals surface area contributed by atoms with Gasteiger partial charge in [-0.15, -0.1) is 0 Å². The number of nitrogens with one attached hydrogen (secondary N) is 1. The number of methoxy groups -OCH3 is 1. The minimum atomic E-state index is -1.36. The van der Waals surface area contributed by atoms with Gasteiger partial charge >= 0.3 is 18.0 Å². The lowest BCUT2D eigenvalue weighted by molar-refractivity contribution is -0.154. The lowest BCUT2D eigenvalue weighted by Crippen LogP contribution is -2.51. The summed E-state index contributed by atoms with van der Waals surface area (Å²) >= 11 is 0.